The largest absolute Gasteiger partial charge is 0.394 e. The van der Waals surface area contributed by atoms with Gasteiger partial charge in [0, 0.05) is 6.54 Å². The average molecular weight is 286 g/mol. The molecule has 0 saturated heterocycles. The van der Waals surface area contributed by atoms with E-state index in [9.17, 15) is 4.79 Å². The molecule has 1 aromatic heterocycles. The normalized spacial score (nSPS) is 16.5. The molecule has 106 valence electrons. The van der Waals surface area contributed by atoms with Crippen molar-refractivity contribution in [3.05, 3.63) is 21.6 Å². The Balaban J connectivity index is 2.00. The first-order valence-electron chi connectivity index (χ1n) is 6.82. The van der Waals surface area contributed by atoms with Gasteiger partial charge in [0.05, 0.1) is 25.0 Å². The van der Waals surface area contributed by atoms with Crippen molar-refractivity contribution in [1.82, 2.24) is 9.78 Å². The third kappa shape index (κ3) is 3.70. The molecule has 0 amide bonds. The second kappa shape index (κ2) is 6.91. The van der Waals surface area contributed by atoms with Gasteiger partial charge >= 0.3 is 0 Å². The zero-order valence-electron chi connectivity index (χ0n) is 10.9. The van der Waals surface area contributed by atoms with Gasteiger partial charge in [-0.25, -0.2) is 4.68 Å². The lowest BCUT2D eigenvalue weighted by Gasteiger charge is -2.22. The van der Waals surface area contributed by atoms with Crippen molar-refractivity contribution in [2.24, 2.45) is 5.92 Å². The van der Waals surface area contributed by atoms with Gasteiger partial charge in [0.25, 0.3) is 5.56 Å². The minimum absolute atomic E-state index is 0.127. The Labute approximate surface area is 117 Å². The predicted octanol–water partition coefficient (Wildman–Crippen LogP) is 1.88. The molecule has 0 unspecified atom stereocenters. The van der Waals surface area contributed by atoms with Crippen LogP contribution in [0.4, 0.5) is 5.69 Å². The Kier molecular flexibility index (Phi) is 5.22. The van der Waals surface area contributed by atoms with Crippen LogP contribution >= 0.6 is 11.6 Å². The maximum absolute atomic E-state index is 11.8. The van der Waals surface area contributed by atoms with Crippen molar-refractivity contribution >= 4 is 17.3 Å². The van der Waals surface area contributed by atoms with Crippen LogP contribution in [-0.4, -0.2) is 28.0 Å². The Morgan fingerprint density at radius 3 is 2.84 bits per heavy atom. The van der Waals surface area contributed by atoms with E-state index in [1.54, 1.807) is 6.20 Å². The zero-order valence-corrected chi connectivity index (χ0v) is 11.7. The first-order chi connectivity index (χ1) is 9.22. The molecular weight excluding hydrogens is 266 g/mol. The summed E-state index contributed by atoms with van der Waals surface area (Å²) in [6.07, 6.45) is 7.93. The summed E-state index contributed by atoms with van der Waals surface area (Å²) in [5.74, 6) is 0.657. The van der Waals surface area contributed by atoms with Crippen LogP contribution in [-0.2, 0) is 6.54 Å². The van der Waals surface area contributed by atoms with Crippen LogP contribution in [0.2, 0.25) is 5.02 Å². The molecule has 19 heavy (non-hydrogen) atoms. The zero-order chi connectivity index (χ0) is 13.7. The number of nitrogens with one attached hydrogen (secondary N) is 1. The molecule has 0 spiro atoms. The first kappa shape index (κ1) is 14.3. The molecule has 1 aromatic rings. The maximum atomic E-state index is 11.8. The molecule has 2 rings (SSSR count). The van der Waals surface area contributed by atoms with Gasteiger partial charge in [0.2, 0.25) is 0 Å². The minimum atomic E-state index is -0.357. The summed E-state index contributed by atoms with van der Waals surface area (Å²) in [7, 11) is 0. The molecule has 0 bridgehead atoms. The highest BCUT2D eigenvalue weighted by atomic mass is 35.5. The highest BCUT2D eigenvalue weighted by Crippen LogP contribution is 2.24. The molecule has 5 nitrogen and oxygen atoms in total. The van der Waals surface area contributed by atoms with Crippen molar-refractivity contribution in [2.45, 2.75) is 38.6 Å². The molecule has 0 radical (unpaired) electrons. The molecule has 0 atom stereocenters. The van der Waals surface area contributed by atoms with Crippen LogP contribution < -0.4 is 10.9 Å². The highest BCUT2D eigenvalue weighted by molar-refractivity contribution is 6.32. The molecule has 1 saturated carbocycles. The van der Waals surface area contributed by atoms with Gasteiger partial charge in [-0.15, -0.1) is 0 Å². The first-order valence-corrected chi connectivity index (χ1v) is 7.20. The van der Waals surface area contributed by atoms with Crippen LogP contribution in [0.25, 0.3) is 0 Å². The number of nitrogens with zero attached hydrogens (tertiary/aromatic N) is 2. The Hall–Kier alpha value is -1.07. The Morgan fingerprint density at radius 2 is 2.16 bits per heavy atom. The Bertz CT molecular complexity index is 469. The topological polar surface area (TPSA) is 67.2 Å². The van der Waals surface area contributed by atoms with Gasteiger partial charge < -0.3 is 10.4 Å². The number of halogens is 1. The van der Waals surface area contributed by atoms with Crippen molar-refractivity contribution in [3.63, 3.8) is 0 Å². The van der Waals surface area contributed by atoms with Crippen LogP contribution in [0.15, 0.2) is 11.0 Å². The monoisotopic (exact) mass is 285 g/mol. The van der Waals surface area contributed by atoms with Gasteiger partial charge in [-0.2, -0.15) is 5.10 Å². The van der Waals surface area contributed by atoms with E-state index in [1.165, 1.54) is 36.8 Å². The fourth-order valence-corrected chi connectivity index (χ4v) is 2.70. The van der Waals surface area contributed by atoms with E-state index < -0.39 is 0 Å². The van der Waals surface area contributed by atoms with Crippen molar-refractivity contribution in [1.29, 1.82) is 0 Å². The van der Waals surface area contributed by atoms with Crippen LogP contribution in [0.5, 0.6) is 0 Å². The van der Waals surface area contributed by atoms with Crippen molar-refractivity contribution in [3.8, 4) is 0 Å². The van der Waals surface area contributed by atoms with Crippen molar-refractivity contribution < 1.29 is 5.11 Å². The number of aromatic nitrogens is 2. The van der Waals surface area contributed by atoms with E-state index in [0.29, 0.717) is 11.6 Å². The van der Waals surface area contributed by atoms with E-state index in [1.807, 2.05) is 0 Å². The number of hydrogen-bond acceptors (Lipinski definition) is 4. The SMILES string of the molecule is O=c1c(Cl)c(NCC2CCCCC2)cnn1CCO. The van der Waals surface area contributed by atoms with E-state index in [0.717, 1.165) is 6.54 Å². The van der Waals surface area contributed by atoms with Gasteiger partial charge in [-0.1, -0.05) is 30.9 Å². The molecular formula is C13H20ClN3O2. The number of aliphatic hydroxyl groups excluding tert-OH is 1. The molecule has 6 heteroatoms. The molecule has 1 fully saturated rings. The predicted molar refractivity (Wildman–Crippen MR) is 75.7 cm³/mol. The standard InChI is InChI=1S/C13H20ClN3O2/c14-12-11(9-16-17(6-7-18)13(12)19)15-8-10-4-2-1-3-5-10/h9-10,15,18H,1-8H2. The average Bonchev–Trinajstić information content (AvgIpc) is 2.44. The van der Waals surface area contributed by atoms with Crippen LogP contribution in [0, 0.1) is 5.92 Å². The second-order valence-electron chi connectivity index (χ2n) is 5.01. The van der Waals surface area contributed by atoms with Gasteiger partial charge in [0.15, 0.2) is 0 Å². The molecule has 1 heterocycles. The summed E-state index contributed by atoms with van der Waals surface area (Å²) in [4.78, 5) is 11.8. The molecule has 1 aliphatic rings. The third-order valence-corrected chi connectivity index (χ3v) is 3.97. The lowest BCUT2D eigenvalue weighted by Crippen LogP contribution is -2.26. The summed E-state index contributed by atoms with van der Waals surface area (Å²) in [6, 6.07) is 0. The number of aliphatic hydroxyl groups is 1. The summed E-state index contributed by atoms with van der Waals surface area (Å²) >= 11 is 6.03. The molecule has 0 aromatic carbocycles. The summed E-state index contributed by atoms with van der Waals surface area (Å²) < 4.78 is 1.17. The van der Waals surface area contributed by atoms with E-state index >= 15 is 0 Å². The van der Waals surface area contributed by atoms with Crippen molar-refractivity contribution in [2.75, 3.05) is 18.5 Å². The molecule has 0 aliphatic heterocycles. The van der Waals surface area contributed by atoms with Gasteiger partial charge in [-0.3, -0.25) is 4.79 Å². The lowest BCUT2D eigenvalue weighted by atomic mass is 9.89. The summed E-state index contributed by atoms with van der Waals surface area (Å²) in [5.41, 5.74) is 0.232. The number of rotatable bonds is 5. The minimum Gasteiger partial charge on any atom is -0.394 e. The quantitative estimate of drug-likeness (QED) is 0.867. The fourth-order valence-electron chi connectivity index (χ4n) is 2.49. The summed E-state index contributed by atoms with van der Waals surface area (Å²) in [5, 5.41) is 16.2. The molecule has 1 aliphatic carbocycles. The van der Waals surface area contributed by atoms with E-state index in [-0.39, 0.29) is 23.7 Å². The highest BCUT2D eigenvalue weighted by Gasteiger charge is 2.15. The fraction of sp³-hybridized carbons (Fsp3) is 0.692. The molecule has 2 N–H and O–H groups in total. The summed E-state index contributed by atoms with van der Waals surface area (Å²) in [6.45, 7) is 0.879. The second-order valence-corrected chi connectivity index (χ2v) is 5.39. The van der Waals surface area contributed by atoms with E-state index in [2.05, 4.69) is 10.4 Å². The lowest BCUT2D eigenvalue weighted by molar-refractivity contribution is 0.266. The number of hydrogen-bond donors (Lipinski definition) is 2. The van der Waals surface area contributed by atoms with Gasteiger partial charge in [-0.05, 0) is 18.8 Å². The van der Waals surface area contributed by atoms with Crippen LogP contribution in [0.1, 0.15) is 32.1 Å². The van der Waals surface area contributed by atoms with Gasteiger partial charge in [0.1, 0.15) is 5.02 Å². The smallest absolute Gasteiger partial charge is 0.287 e. The van der Waals surface area contributed by atoms with E-state index in [4.69, 9.17) is 16.7 Å². The maximum Gasteiger partial charge on any atom is 0.287 e. The third-order valence-electron chi connectivity index (χ3n) is 3.60. The number of anilines is 1. The van der Waals surface area contributed by atoms with Crippen LogP contribution in [0.3, 0.4) is 0 Å². The Morgan fingerprint density at radius 1 is 1.42 bits per heavy atom.